The van der Waals surface area contributed by atoms with Crippen molar-refractivity contribution in [3.05, 3.63) is 24.3 Å². The van der Waals surface area contributed by atoms with Crippen molar-refractivity contribution in [2.24, 2.45) is 0 Å². The highest BCUT2D eigenvalue weighted by Crippen LogP contribution is 2.34. The van der Waals surface area contributed by atoms with Crippen molar-refractivity contribution in [2.45, 2.75) is 9.79 Å². The van der Waals surface area contributed by atoms with Crippen molar-refractivity contribution in [1.82, 2.24) is 0 Å². The highest BCUT2D eigenvalue weighted by molar-refractivity contribution is 7.86. The van der Waals surface area contributed by atoms with Crippen LogP contribution in [-0.2, 0) is 20.2 Å². The van der Waals surface area contributed by atoms with E-state index in [1.54, 1.807) is 0 Å². The third kappa shape index (κ3) is 2.41. The predicted molar refractivity (Wildman–Crippen MR) is 72.4 cm³/mol. The Morgan fingerprint density at radius 3 is 1.95 bits per heavy atom. The van der Waals surface area contributed by atoms with Crippen LogP contribution in [0.25, 0.3) is 10.8 Å². The van der Waals surface area contributed by atoms with Gasteiger partial charge >= 0.3 is 0 Å². The number of hydrogen-bond acceptors (Lipinski definition) is 6. The van der Waals surface area contributed by atoms with Gasteiger partial charge in [-0.1, -0.05) is 6.07 Å². The Bertz CT molecular complexity index is 918. The Hall–Kier alpha value is -1.88. The monoisotopic (exact) mass is 318 g/mol. The molecule has 0 aromatic heterocycles. The maximum absolute atomic E-state index is 11.3. The Kier molecular flexibility index (Phi) is 3.13. The Morgan fingerprint density at radius 1 is 0.850 bits per heavy atom. The first-order valence-corrected chi connectivity index (χ1v) is 7.96. The molecule has 10 heteroatoms. The minimum Gasteiger partial charge on any atom is -0.397 e. The molecule has 0 saturated carbocycles. The molecule has 8 nitrogen and oxygen atoms in total. The maximum Gasteiger partial charge on any atom is 0.295 e. The van der Waals surface area contributed by atoms with E-state index in [9.17, 15) is 16.8 Å². The number of hydrogen-bond donors (Lipinski definition) is 4. The van der Waals surface area contributed by atoms with E-state index in [0.29, 0.717) is 0 Å². The van der Waals surface area contributed by atoms with Crippen molar-refractivity contribution >= 4 is 42.4 Å². The minimum atomic E-state index is -4.64. The molecule has 0 aliphatic heterocycles. The van der Waals surface area contributed by atoms with Gasteiger partial charge in [-0.25, -0.2) is 0 Å². The zero-order valence-electron chi connectivity index (χ0n) is 9.81. The number of fused-ring (bicyclic) bond motifs is 1. The molecule has 0 unspecified atom stereocenters. The van der Waals surface area contributed by atoms with E-state index in [1.807, 2.05) is 0 Å². The second-order valence-electron chi connectivity index (χ2n) is 4.04. The number of anilines is 2. The number of benzene rings is 2. The molecule has 0 fully saturated rings. The van der Waals surface area contributed by atoms with Crippen molar-refractivity contribution in [3.63, 3.8) is 0 Å². The van der Waals surface area contributed by atoms with E-state index < -0.39 is 30.0 Å². The Morgan fingerprint density at radius 2 is 1.45 bits per heavy atom. The third-order valence-electron chi connectivity index (χ3n) is 2.72. The number of nitrogens with two attached hydrogens (primary N) is 2. The lowest BCUT2D eigenvalue weighted by molar-refractivity contribution is 0.480. The lowest BCUT2D eigenvalue weighted by atomic mass is 10.1. The fourth-order valence-electron chi connectivity index (χ4n) is 1.79. The van der Waals surface area contributed by atoms with Crippen LogP contribution in [0.4, 0.5) is 11.4 Å². The van der Waals surface area contributed by atoms with Gasteiger partial charge in [-0.3, -0.25) is 9.11 Å². The van der Waals surface area contributed by atoms with Crippen molar-refractivity contribution in [2.75, 3.05) is 11.5 Å². The molecule has 0 heterocycles. The van der Waals surface area contributed by atoms with Crippen molar-refractivity contribution in [3.8, 4) is 0 Å². The maximum atomic E-state index is 11.3. The lowest BCUT2D eigenvalue weighted by Crippen LogP contribution is -2.05. The van der Waals surface area contributed by atoms with Gasteiger partial charge in [0.2, 0.25) is 0 Å². The average Bonchev–Trinajstić information content (AvgIpc) is 2.30. The van der Waals surface area contributed by atoms with Gasteiger partial charge in [-0.15, -0.1) is 0 Å². The summed E-state index contributed by atoms with van der Waals surface area (Å²) < 4.78 is 62.9. The average molecular weight is 318 g/mol. The van der Waals surface area contributed by atoms with Gasteiger partial charge in [0.15, 0.2) is 0 Å². The van der Waals surface area contributed by atoms with Crippen LogP contribution in [0.2, 0.25) is 0 Å². The fraction of sp³-hybridized carbons (Fsp3) is 0. The third-order valence-corrected chi connectivity index (χ3v) is 4.46. The fourth-order valence-corrected chi connectivity index (χ4v) is 3.02. The molecule has 0 aliphatic carbocycles. The summed E-state index contributed by atoms with van der Waals surface area (Å²) in [6, 6.07) is 4.05. The first kappa shape index (κ1) is 14.5. The highest BCUT2D eigenvalue weighted by Gasteiger charge is 2.20. The SMILES string of the molecule is Nc1cc(S(=O)(=O)O)c2cc(S(=O)(=O)O)ccc2c1N. The number of rotatable bonds is 2. The molecule has 2 rings (SSSR count). The summed E-state index contributed by atoms with van der Waals surface area (Å²) >= 11 is 0. The first-order chi connectivity index (χ1) is 9.01. The molecular weight excluding hydrogens is 308 g/mol. The van der Waals surface area contributed by atoms with Crippen LogP contribution >= 0.6 is 0 Å². The van der Waals surface area contributed by atoms with Gasteiger partial charge in [0.25, 0.3) is 20.2 Å². The Labute approximate surface area is 114 Å². The van der Waals surface area contributed by atoms with E-state index in [4.69, 9.17) is 20.6 Å². The quantitative estimate of drug-likeness (QED) is 0.459. The smallest absolute Gasteiger partial charge is 0.295 e. The van der Waals surface area contributed by atoms with Gasteiger partial charge in [0, 0.05) is 10.8 Å². The summed E-state index contributed by atoms with van der Waals surface area (Å²) in [5.74, 6) is 0. The lowest BCUT2D eigenvalue weighted by Gasteiger charge is -2.10. The van der Waals surface area contributed by atoms with Gasteiger partial charge in [-0.05, 0) is 18.2 Å². The highest BCUT2D eigenvalue weighted by atomic mass is 32.2. The molecule has 0 spiro atoms. The molecule has 0 radical (unpaired) electrons. The van der Waals surface area contributed by atoms with Gasteiger partial charge in [-0.2, -0.15) is 16.8 Å². The van der Waals surface area contributed by atoms with Gasteiger partial charge < -0.3 is 11.5 Å². The van der Waals surface area contributed by atoms with E-state index in [1.165, 1.54) is 6.07 Å². The second kappa shape index (κ2) is 4.31. The van der Waals surface area contributed by atoms with Crippen LogP contribution in [0.1, 0.15) is 0 Å². The summed E-state index contributed by atoms with van der Waals surface area (Å²) in [6.07, 6.45) is 0. The summed E-state index contributed by atoms with van der Waals surface area (Å²) in [4.78, 5) is -1.12. The van der Waals surface area contributed by atoms with Crippen LogP contribution in [-0.4, -0.2) is 25.9 Å². The topological polar surface area (TPSA) is 161 Å². The molecule has 0 saturated heterocycles. The normalized spacial score (nSPS) is 12.7. The largest absolute Gasteiger partial charge is 0.397 e. The van der Waals surface area contributed by atoms with E-state index in [2.05, 4.69) is 0 Å². The van der Waals surface area contributed by atoms with Gasteiger partial charge in [0.1, 0.15) is 4.90 Å². The molecule has 2 aromatic rings. The molecule has 0 aliphatic rings. The summed E-state index contributed by atoms with van der Waals surface area (Å²) in [7, 11) is -9.17. The zero-order chi connectivity index (χ0) is 15.3. The van der Waals surface area contributed by atoms with Gasteiger partial charge in [0.05, 0.1) is 16.3 Å². The van der Waals surface area contributed by atoms with Crippen LogP contribution in [0, 0.1) is 0 Å². The molecule has 2 aromatic carbocycles. The summed E-state index contributed by atoms with van der Waals surface area (Å²) in [5, 5.41) is -0.0145. The standard InChI is InChI=1S/C10H10N2O6S2/c11-8-4-9(20(16,17)18)7-3-5(19(13,14)15)1-2-6(7)10(8)12/h1-4H,11-12H2,(H,13,14,15)(H,16,17,18). The summed E-state index contributed by atoms with van der Waals surface area (Å²) in [5.41, 5.74) is 11.2. The molecule has 6 N–H and O–H groups in total. The van der Waals surface area contributed by atoms with Crippen LogP contribution in [0.5, 0.6) is 0 Å². The predicted octanol–water partition coefficient (Wildman–Crippen LogP) is 0.498. The van der Waals surface area contributed by atoms with Crippen molar-refractivity contribution < 1.29 is 25.9 Å². The first-order valence-electron chi connectivity index (χ1n) is 5.08. The van der Waals surface area contributed by atoms with E-state index in [0.717, 1.165) is 18.2 Å². The van der Waals surface area contributed by atoms with Crippen LogP contribution < -0.4 is 11.5 Å². The van der Waals surface area contributed by atoms with Crippen LogP contribution in [0.3, 0.4) is 0 Å². The molecular formula is C10H10N2O6S2. The Balaban J connectivity index is 3.04. The van der Waals surface area contributed by atoms with E-state index >= 15 is 0 Å². The second-order valence-corrected chi connectivity index (χ2v) is 6.85. The zero-order valence-corrected chi connectivity index (χ0v) is 11.4. The summed E-state index contributed by atoms with van der Waals surface area (Å²) in [6.45, 7) is 0. The molecule has 108 valence electrons. The number of nitrogen functional groups attached to an aromatic ring is 2. The molecule has 0 bridgehead atoms. The van der Waals surface area contributed by atoms with E-state index in [-0.39, 0.29) is 22.1 Å². The van der Waals surface area contributed by atoms with Crippen molar-refractivity contribution in [1.29, 1.82) is 0 Å². The van der Waals surface area contributed by atoms with Crippen LogP contribution in [0.15, 0.2) is 34.1 Å². The molecule has 20 heavy (non-hydrogen) atoms. The molecule has 0 atom stereocenters. The minimum absolute atomic E-state index is 0.0364. The molecule has 0 amide bonds.